The molecule has 0 aromatic heterocycles. The summed E-state index contributed by atoms with van der Waals surface area (Å²) < 4.78 is 0. The molecule has 2 bridgehead atoms. The summed E-state index contributed by atoms with van der Waals surface area (Å²) in [6.45, 7) is 7.28. The van der Waals surface area contributed by atoms with Gasteiger partial charge >= 0.3 is 0 Å². The van der Waals surface area contributed by atoms with Gasteiger partial charge < -0.3 is 9.80 Å². The van der Waals surface area contributed by atoms with Crippen molar-refractivity contribution in [2.75, 3.05) is 32.7 Å². The van der Waals surface area contributed by atoms with E-state index in [0.717, 1.165) is 23.8 Å². The van der Waals surface area contributed by atoms with Crippen molar-refractivity contribution in [1.29, 1.82) is 0 Å². The average Bonchev–Trinajstić information content (AvgIpc) is 3.02. The van der Waals surface area contributed by atoms with Gasteiger partial charge in [0, 0.05) is 5.92 Å². The van der Waals surface area contributed by atoms with E-state index < -0.39 is 0 Å². The van der Waals surface area contributed by atoms with E-state index in [1.165, 1.54) is 84.1 Å². The van der Waals surface area contributed by atoms with Crippen LogP contribution in [0, 0.1) is 17.8 Å². The van der Waals surface area contributed by atoms with Gasteiger partial charge in [0.2, 0.25) is 0 Å². The van der Waals surface area contributed by atoms with Crippen LogP contribution in [-0.2, 0) is 0 Å². The van der Waals surface area contributed by atoms with E-state index in [9.17, 15) is 0 Å². The van der Waals surface area contributed by atoms with Crippen LogP contribution >= 0.6 is 0 Å². The van der Waals surface area contributed by atoms with Crippen LogP contribution in [0.1, 0.15) is 51.4 Å². The molecule has 4 aliphatic rings. The summed E-state index contributed by atoms with van der Waals surface area (Å²) in [5, 5.41) is 0. The summed E-state index contributed by atoms with van der Waals surface area (Å²) in [5.74, 6) is 2.93. The van der Waals surface area contributed by atoms with Crippen molar-refractivity contribution in [2.45, 2.75) is 57.4 Å². The third-order valence-electron chi connectivity index (χ3n) is 7.00. The highest BCUT2D eigenvalue weighted by atomic mass is 15.3. The molecule has 3 fully saturated rings. The highest BCUT2D eigenvalue weighted by molar-refractivity contribution is 5.09. The third kappa shape index (κ3) is 3.22. The molecule has 0 aromatic carbocycles. The number of quaternary nitrogens is 2. The molecule has 2 N–H and O–H groups in total. The van der Waals surface area contributed by atoms with Gasteiger partial charge in [-0.2, -0.15) is 0 Å². The van der Waals surface area contributed by atoms with Gasteiger partial charge in [-0.1, -0.05) is 25.0 Å². The summed E-state index contributed by atoms with van der Waals surface area (Å²) in [6.07, 6.45) is 17.0. The highest BCUT2D eigenvalue weighted by Gasteiger charge is 2.39. The van der Waals surface area contributed by atoms with Crippen molar-refractivity contribution in [1.82, 2.24) is 0 Å². The monoisotopic (exact) mass is 290 g/mol. The summed E-state index contributed by atoms with van der Waals surface area (Å²) in [4.78, 5) is 3.90. The van der Waals surface area contributed by atoms with E-state index in [1.807, 2.05) is 9.80 Å². The van der Waals surface area contributed by atoms with E-state index in [2.05, 4.69) is 12.2 Å². The van der Waals surface area contributed by atoms with E-state index >= 15 is 0 Å². The van der Waals surface area contributed by atoms with Crippen molar-refractivity contribution in [3.8, 4) is 0 Å². The van der Waals surface area contributed by atoms with Crippen LogP contribution < -0.4 is 9.80 Å². The topological polar surface area (TPSA) is 8.88 Å². The summed E-state index contributed by atoms with van der Waals surface area (Å²) >= 11 is 0. The number of hydrogen-bond acceptors (Lipinski definition) is 0. The molecule has 0 amide bonds. The van der Waals surface area contributed by atoms with E-state index in [0.29, 0.717) is 0 Å². The standard InChI is InChI=1S/C19H32N2/c1-2-4-6-19(5-3-1)21-11-9-20(10-12-21)15-18-14-16-7-8-17(18)13-16/h7-8,16-19H,1-6,9-15H2/p+2/t16-,17+,18-/m1/s1. The maximum absolute atomic E-state index is 2.53. The Bertz CT molecular complexity index is 362. The van der Waals surface area contributed by atoms with Gasteiger partial charge in [-0.05, 0) is 50.4 Å². The molecule has 4 rings (SSSR count). The Morgan fingerprint density at radius 3 is 2.19 bits per heavy atom. The van der Waals surface area contributed by atoms with Gasteiger partial charge in [-0.15, -0.1) is 0 Å². The first kappa shape index (κ1) is 14.3. The van der Waals surface area contributed by atoms with Crippen molar-refractivity contribution in [3.05, 3.63) is 12.2 Å². The molecule has 2 nitrogen and oxygen atoms in total. The zero-order valence-electron chi connectivity index (χ0n) is 13.7. The molecule has 0 spiro atoms. The van der Waals surface area contributed by atoms with Gasteiger partial charge in [0.05, 0.1) is 12.6 Å². The fourth-order valence-electron chi connectivity index (χ4n) is 5.72. The lowest BCUT2D eigenvalue weighted by Crippen LogP contribution is -3.29. The zero-order chi connectivity index (χ0) is 14.1. The van der Waals surface area contributed by atoms with Crippen LogP contribution in [0.3, 0.4) is 0 Å². The van der Waals surface area contributed by atoms with E-state index in [1.54, 1.807) is 0 Å². The molecule has 118 valence electrons. The molecule has 3 atom stereocenters. The average molecular weight is 290 g/mol. The minimum Gasteiger partial charge on any atom is -0.325 e. The van der Waals surface area contributed by atoms with Crippen molar-refractivity contribution < 1.29 is 9.80 Å². The van der Waals surface area contributed by atoms with Gasteiger partial charge in [0.25, 0.3) is 0 Å². The maximum Gasteiger partial charge on any atom is 0.127 e. The first-order valence-electron chi connectivity index (χ1n) is 9.75. The van der Waals surface area contributed by atoms with Crippen molar-refractivity contribution in [2.24, 2.45) is 17.8 Å². The molecular weight excluding hydrogens is 256 g/mol. The Labute approximate surface area is 130 Å². The van der Waals surface area contributed by atoms with Crippen LogP contribution in [-0.4, -0.2) is 38.8 Å². The van der Waals surface area contributed by atoms with Gasteiger partial charge in [-0.25, -0.2) is 0 Å². The number of fused-ring (bicyclic) bond motifs is 2. The molecule has 21 heavy (non-hydrogen) atoms. The largest absolute Gasteiger partial charge is 0.325 e. The van der Waals surface area contributed by atoms with Gasteiger partial charge in [0.1, 0.15) is 26.2 Å². The SMILES string of the molecule is C1=C[C@H]2C[C@@H]1C[C@@H]2C[NH+]1CC[NH+](C2CCCCCC2)CC1. The number of allylic oxidation sites excluding steroid dienone is 2. The van der Waals surface area contributed by atoms with Crippen molar-refractivity contribution in [3.63, 3.8) is 0 Å². The molecule has 3 aliphatic carbocycles. The van der Waals surface area contributed by atoms with Crippen molar-refractivity contribution >= 4 is 0 Å². The van der Waals surface area contributed by atoms with Crippen LogP contribution in [0.4, 0.5) is 0 Å². The Balaban J connectivity index is 1.24. The smallest absolute Gasteiger partial charge is 0.127 e. The predicted octanol–water partition coefficient (Wildman–Crippen LogP) is 0.705. The number of piperazine rings is 1. The first-order valence-corrected chi connectivity index (χ1v) is 9.75. The molecule has 1 saturated heterocycles. The second-order valence-corrected chi connectivity index (χ2v) is 8.34. The Morgan fingerprint density at radius 2 is 1.57 bits per heavy atom. The Hall–Kier alpha value is -0.340. The second-order valence-electron chi connectivity index (χ2n) is 8.34. The zero-order valence-corrected chi connectivity index (χ0v) is 13.7. The molecule has 2 saturated carbocycles. The van der Waals surface area contributed by atoms with Gasteiger partial charge in [-0.3, -0.25) is 0 Å². The van der Waals surface area contributed by atoms with E-state index in [-0.39, 0.29) is 0 Å². The van der Waals surface area contributed by atoms with Crippen LogP contribution in [0.25, 0.3) is 0 Å². The quantitative estimate of drug-likeness (QED) is 0.559. The molecule has 2 heteroatoms. The summed E-state index contributed by atoms with van der Waals surface area (Å²) in [7, 11) is 0. The normalized spacial score (nSPS) is 44.1. The van der Waals surface area contributed by atoms with E-state index in [4.69, 9.17) is 0 Å². The fraction of sp³-hybridized carbons (Fsp3) is 0.895. The highest BCUT2D eigenvalue weighted by Crippen LogP contribution is 2.42. The molecule has 1 aliphatic heterocycles. The summed E-state index contributed by atoms with van der Waals surface area (Å²) in [6, 6.07) is 1.01. The number of nitrogens with one attached hydrogen (secondary N) is 2. The molecule has 0 aromatic rings. The van der Waals surface area contributed by atoms with Crippen LogP contribution in [0.5, 0.6) is 0 Å². The summed E-state index contributed by atoms with van der Waals surface area (Å²) in [5.41, 5.74) is 0. The predicted molar refractivity (Wildman–Crippen MR) is 86.6 cm³/mol. The number of rotatable bonds is 3. The maximum atomic E-state index is 2.53. The lowest BCUT2D eigenvalue weighted by atomic mass is 9.93. The Morgan fingerprint density at radius 1 is 0.810 bits per heavy atom. The minimum absolute atomic E-state index is 0.953. The lowest BCUT2D eigenvalue weighted by Gasteiger charge is -2.35. The van der Waals surface area contributed by atoms with Gasteiger partial charge in [0.15, 0.2) is 0 Å². The second kappa shape index (κ2) is 6.42. The lowest BCUT2D eigenvalue weighted by molar-refractivity contribution is -1.02. The molecule has 0 radical (unpaired) electrons. The van der Waals surface area contributed by atoms with Crippen LogP contribution in [0.2, 0.25) is 0 Å². The third-order valence-corrected chi connectivity index (χ3v) is 7.00. The Kier molecular flexibility index (Phi) is 4.36. The van der Waals surface area contributed by atoms with Crippen LogP contribution in [0.15, 0.2) is 12.2 Å². The molecule has 0 unspecified atom stereocenters. The molecule has 1 heterocycles. The first-order chi connectivity index (χ1) is 10.4. The fourth-order valence-corrected chi connectivity index (χ4v) is 5.72. The minimum atomic E-state index is 0.953. The molecular formula is C19H34N2+2. The number of hydrogen-bond donors (Lipinski definition) is 2.